The Morgan fingerprint density at radius 1 is 1.06 bits per heavy atom. The number of benzene rings is 3. The Labute approximate surface area is 208 Å². The minimum absolute atomic E-state index is 0.0211. The van der Waals surface area contributed by atoms with E-state index in [9.17, 15) is 10.1 Å². The number of carbonyl (C=O) groups excluding carboxylic acids is 1. The first-order valence-electron chi connectivity index (χ1n) is 10.6. The van der Waals surface area contributed by atoms with Gasteiger partial charge in [-0.3, -0.25) is 4.79 Å². The molecule has 0 bridgehead atoms. The van der Waals surface area contributed by atoms with Gasteiger partial charge in [0.15, 0.2) is 11.5 Å². The average Bonchev–Trinajstić information content (AvgIpc) is 2.83. The average molecular weight is 552 g/mol. The van der Waals surface area contributed by atoms with Crippen LogP contribution in [-0.4, -0.2) is 12.5 Å². The number of halogens is 1. The number of nitriles is 1. The quantitative estimate of drug-likeness (QED) is 0.199. The Balaban J connectivity index is 1.74. The van der Waals surface area contributed by atoms with Gasteiger partial charge in [-0.15, -0.1) is 0 Å². The largest absolute Gasteiger partial charge is 0.490 e. The summed E-state index contributed by atoms with van der Waals surface area (Å²) in [4.78, 5) is 12.7. The molecule has 0 spiro atoms. The third kappa shape index (κ3) is 7.09. The predicted octanol–water partition coefficient (Wildman–Crippen LogP) is 6.05. The highest BCUT2D eigenvalue weighted by molar-refractivity contribution is 14.1. The standard InChI is InChI=1S/C27H25IN2O3/c1-3-32-26-16-21(11-14-25(26)33-18-20-9-12-24(28)13-10-20)15-23(17-29)27(31)30-19(2)22-7-5-4-6-8-22/h4-16,19H,3,18H2,1-2H3,(H,30,31)/b23-15-/t19-/m0/s1. The summed E-state index contributed by atoms with van der Waals surface area (Å²) in [5.41, 5.74) is 2.72. The van der Waals surface area contributed by atoms with E-state index in [2.05, 4.69) is 27.9 Å². The van der Waals surface area contributed by atoms with E-state index in [-0.39, 0.29) is 11.6 Å². The maximum Gasteiger partial charge on any atom is 0.262 e. The molecular weight excluding hydrogens is 527 g/mol. The Bertz CT molecular complexity index is 1150. The van der Waals surface area contributed by atoms with Gasteiger partial charge in [0.2, 0.25) is 0 Å². The summed E-state index contributed by atoms with van der Waals surface area (Å²) in [5, 5.41) is 12.4. The fourth-order valence-electron chi connectivity index (χ4n) is 3.16. The summed E-state index contributed by atoms with van der Waals surface area (Å²) in [7, 11) is 0. The van der Waals surface area contributed by atoms with Crippen LogP contribution in [0.25, 0.3) is 6.08 Å². The van der Waals surface area contributed by atoms with Gasteiger partial charge >= 0.3 is 0 Å². The zero-order valence-corrected chi connectivity index (χ0v) is 20.7. The lowest BCUT2D eigenvalue weighted by Gasteiger charge is -2.14. The van der Waals surface area contributed by atoms with E-state index in [4.69, 9.17) is 9.47 Å². The molecule has 3 rings (SSSR count). The number of nitrogens with one attached hydrogen (secondary N) is 1. The molecular formula is C27H25IN2O3. The Hall–Kier alpha value is -3.31. The summed E-state index contributed by atoms with van der Waals surface area (Å²) in [6.07, 6.45) is 1.55. The third-order valence-electron chi connectivity index (χ3n) is 4.90. The molecule has 168 valence electrons. The van der Waals surface area contributed by atoms with E-state index in [1.54, 1.807) is 24.3 Å². The van der Waals surface area contributed by atoms with Crippen LogP contribution < -0.4 is 14.8 Å². The number of ether oxygens (including phenoxy) is 2. The molecule has 3 aromatic rings. The van der Waals surface area contributed by atoms with Crippen LogP contribution in [0.2, 0.25) is 0 Å². The second kappa shape index (κ2) is 12.1. The molecule has 1 N–H and O–H groups in total. The van der Waals surface area contributed by atoms with Crippen LogP contribution in [0.4, 0.5) is 0 Å². The number of hydrogen-bond donors (Lipinski definition) is 1. The van der Waals surface area contributed by atoms with Crippen molar-refractivity contribution in [1.29, 1.82) is 5.26 Å². The van der Waals surface area contributed by atoms with Crippen molar-refractivity contribution in [2.24, 2.45) is 0 Å². The van der Waals surface area contributed by atoms with Crippen LogP contribution in [0, 0.1) is 14.9 Å². The Kier molecular flexibility index (Phi) is 8.90. The van der Waals surface area contributed by atoms with Gasteiger partial charge in [-0.05, 0) is 83.5 Å². The number of amides is 1. The molecule has 1 amide bonds. The summed E-state index contributed by atoms with van der Waals surface area (Å²) < 4.78 is 12.9. The van der Waals surface area contributed by atoms with E-state index in [0.717, 1.165) is 14.7 Å². The number of nitrogens with zero attached hydrogens (tertiary/aromatic N) is 1. The lowest BCUT2D eigenvalue weighted by molar-refractivity contribution is -0.117. The summed E-state index contributed by atoms with van der Waals surface area (Å²) in [5.74, 6) is 0.742. The molecule has 33 heavy (non-hydrogen) atoms. The molecule has 1 atom stereocenters. The highest BCUT2D eigenvalue weighted by Gasteiger charge is 2.14. The van der Waals surface area contributed by atoms with Crippen molar-refractivity contribution in [1.82, 2.24) is 5.32 Å². The van der Waals surface area contributed by atoms with Crippen molar-refractivity contribution in [2.75, 3.05) is 6.61 Å². The number of carbonyl (C=O) groups is 1. The zero-order chi connectivity index (χ0) is 23.6. The summed E-state index contributed by atoms with van der Waals surface area (Å²) in [6.45, 7) is 4.66. The topological polar surface area (TPSA) is 71.3 Å². The molecule has 0 radical (unpaired) electrons. The summed E-state index contributed by atoms with van der Waals surface area (Å²) >= 11 is 2.26. The Morgan fingerprint density at radius 2 is 1.79 bits per heavy atom. The fourth-order valence-corrected chi connectivity index (χ4v) is 3.52. The Morgan fingerprint density at radius 3 is 2.45 bits per heavy atom. The fraction of sp³-hybridized carbons (Fsp3) is 0.185. The molecule has 0 aromatic heterocycles. The zero-order valence-electron chi connectivity index (χ0n) is 18.5. The van der Waals surface area contributed by atoms with Crippen molar-refractivity contribution in [3.63, 3.8) is 0 Å². The van der Waals surface area contributed by atoms with Gasteiger partial charge in [-0.25, -0.2) is 0 Å². The molecule has 0 fully saturated rings. The third-order valence-corrected chi connectivity index (χ3v) is 5.62. The normalized spacial score (nSPS) is 11.9. The van der Waals surface area contributed by atoms with Gasteiger partial charge < -0.3 is 14.8 Å². The lowest BCUT2D eigenvalue weighted by Crippen LogP contribution is -2.27. The molecule has 6 heteroatoms. The first-order valence-corrected chi connectivity index (χ1v) is 11.7. The predicted molar refractivity (Wildman–Crippen MR) is 138 cm³/mol. The smallest absolute Gasteiger partial charge is 0.262 e. The number of hydrogen-bond acceptors (Lipinski definition) is 4. The van der Waals surface area contributed by atoms with Crippen LogP contribution in [0.5, 0.6) is 11.5 Å². The van der Waals surface area contributed by atoms with Crippen molar-refractivity contribution in [3.05, 3.63) is 98.6 Å². The van der Waals surface area contributed by atoms with Crippen molar-refractivity contribution in [3.8, 4) is 17.6 Å². The molecule has 0 aliphatic heterocycles. The van der Waals surface area contributed by atoms with E-state index >= 15 is 0 Å². The van der Waals surface area contributed by atoms with E-state index in [0.29, 0.717) is 30.3 Å². The minimum atomic E-state index is -0.425. The van der Waals surface area contributed by atoms with Crippen LogP contribution in [0.1, 0.15) is 36.6 Å². The molecule has 5 nitrogen and oxygen atoms in total. The number of rotatable bonds is 9. The maximum atomic E-state index is 12.7. The van der Waals surface area contributed by atoms with Gasteiger partial charge in [0, 0.05) is 3.57 Å². The van der Waals surface area contributed by atoms with Crippen molar-refractivity contribution >= 4 is 34.6 Å². The highest BCUT2D eigenvalue weighted by atomic mass is 127. The van der Waals surface area contributed by atoms with Crippen molar-refractivity contribution < 1.29 is 14.3 Å². The highest BCUT2D eigenvalue weighted by Crippen LogP contribution is 2.30. The molecule has 3 aromatic carbocycles. The SMILES string of the molecule is CCOc1cc(/C=C(/C#N)C(=O)N[C@@H](C)c2ccccc2)ccc1OCc1ccc(I)cc1. The van der Waals surface area contributed by atoms with Crippen LogP contribution in [-0.2, 0) is 11.4 Å². The van der Waals surface area contributed by atoms with Gasteiger partial charge in [0.05, 0.1) is 12.6 Å². The van der Waals surface area contributed by atoms with Gasteiger partial charge in [-0.2, -0.15) is 5.26 Å². The second-order valence-corrected chi connectivity index (χ2v) is 8.58. The van der Waals surface area contributed by atoms with Gasteiger partial charge in [0.1, 0.15) is 18.2 Å². The van der Waals surface area contributed by atoms with Crippen molar-refractivity contribution in [2.45, 2.75) is 26.5 Å². The molecule has 0 unspecified atom stereocenters. The van der Waals surface area contributed by atoms with E-state index in [1.807, 2.05) is 74.5 Å². The minimum Gasteiger partial charge on any atom is -0.490 e. The summed E-state index contributed by atoms with van der Waals surface area (Å²) in [6, 6.07) is 24.9. The molecule has 0 aliphatic rings. The van der Waals surface area contributed by atoms with Crippen LogP contribution in [0.3, 0.4) is 0 Å². The lowest BCUT2D eigenvalue weighted by atomic mass is 10.1. The first kappa shape index (κ1) is 24.3. The molecule has 0 saturated carbocycles. The van der Waals surface area contributed by atoms with Crippen LogP contribution in [0.15, 0.2) is 78.4 Å². The van der Waals surface area contributed by atoms with Gasteiger partial charge in [-0.1, -0.05) is 48.5 Å². The first-order chi connectivity index (χ1) is 16.0. The van der Waals surface area contributed by atoms with E-state index in [1.165, 1.54) is 0 Å². The molecule has 0 saturated heterocycles. The van der Waals surface area contributed by atoms with Crippen LogP contribution >= 0.6 is 22.6 Å². The molecule has 0 heterocycles. The van der Waals surface area contributed by atoms with Gasteiger partial charge in [0.25, 0.3) is 5.91 Å². The molecule has 0 aliphatic carbocycles. The monoisotopic (exact) mass is 552 g/mol. The second-order valence-electron chi connectivity index (χ2n) is 7.33. The maximum absolute atomic E-state index is 12.7. The van der Waals surface area contributed by atoms with E-state index < -0.39 is 5.91 Å².